The second-order valence-corrected chi connectivity index (χ2v) is 6.67. The molecule has 0 saturated heterocycles. The second kappa shape index (κ2) is 7.86. The maximum absolute atomic E-state index is 11.6. The summed E-state index contributed by atoms with van der Waals surface area (Å²) in [6, 6.07) is 0. The van der Waals surface area contributed by atoms with Gasteiger partial charge in [-0.25, -0.2) is 0 Å². The molecule has 0 aromatic heterocycles. The topological polar surface area (TPSA) is 97.5 Å². The van der Waals surface area contributed by atoms with E-state index in [0.29, 0.717) is 6.42 Å². The Bertz CT molecular complexity index is 349. The van der Waals surface area contributed by atoms with Gasteiger partial charge in [-0.3, -0.25) is 9.35 Å². The van der Waals surface area contributed by atoms with E-state index in [9.17, 15) is 13.2 Å². The first kappa shape index (κ1) is 17.5. The molecule has 0 aliphatic heterocycles. The maximum atomic E-state index is 11.6. The molecule has 0 aromatic rings. The number of rotatable bonds is 10. The summed E-state index contributed by atoms with van der Waals surface area (Å²) in [4.78, 5) is 9.41. The minimum Gasteiger partial charge on any atom is -0.305 e. The van der Waals surface area contributed by atoms with Gasteiger partial charge >= 0.3 is 0 Å². The molecule has 0 aliphatic carbocycles. The quantitative estimate of drug-likeness (QED) is 0.472. The Morgan fingerprint density at radius 3 is 2.00 bits per heavy atom. The molecule has 18 heavy (non-hydrogen) atoms. The van der Waals surface area contributed by atoms with E-state index in [1.54, 1.807) is 0 Å². The molecule has 3 N–H and O–H groups in total. The van der Waals surface area contributed by atoms with Crippen molar-refractivity contribution in [2.45, 2.75) is 70.1 Å². The minimum absolute atomic E-state index is 0.0978. The van der Waals surface area contributed by atoms with Crippen molar-refractivity contribution in [2.24, 2.45) is 5.73 Å². The first-order valence-electron chi connectivity index (χ1n) is 6.52. The molecule has 0 amide bonds. The van der Waals surface area contributed by atoms with Crippen LogP contribution in [0.3, 0.4) is 0 Å². The van der Waals surface area contributed by atoms with Crippen LogP contribution in [0.2, 0.25) is 0 Å². The summed E-state index contributed by atoms with van der Waals surface area (Å²) in [5.41, 5.74) is 5.33. The largest absolute Gasteiger partial charge is 0.305 e. The van der Waals surface area contributed by atoms with E-state index in [2.05, 4.69) is 6.92 Å². The van der Waals surface area contributed by atoms with Crippen molar-refractivity contribution in [3.05, 3.63) is 0 Å². The SMILES string of the molecule is CCCCCCCCCC(=O)C(C)(N)S(=O)(=O)O. The first-order valence-corrected chi connectivity index (χ1v) is 7.96. The number of hydrogen-bond acceptors (Lipinski definition) is 4. The molecule has 0 spiro atoms. The molecule has 0 fully saturated rings. The number of carbonyl (C=O) groups excluding carboxylic acids is 1. The summed E-state index contributed by atoms with van der Waals surface area (Å²) in [6.45, 7) is 3.18. The predicted molar refractivity (Wildman–Crippen MR) is 71.8 cm³/mol. The Hall–Kier alpha value is -0.460. The lowest BCUT2D eigenvalue weighted by Crippen LogP contribution is -2.51. The highest BCUT2D eigenvalue weighted by atomic mass is 32.2. The molecule has 1 atom stereocenters. The van der Waals surface area contributed by atoms with E-state index in [4.69, 9.17) is 10.3 Å². The van der Waals surface area contributed by atoms with Crippen molar-refractivity contribution in [1.82, 2.24) is 0 Å². The number of carbonyl (C=O) groups is 1. The summed E-state index contributed by atoms with van der Waals surface area (Å²) in [5, 5.41) is 0. The fraction of sp³-hybridized carbons (Fsp3) is 0.917. The summed E-state index contributed by atoms with van der Waals surface area (Å²) < 4.78 is 30.7. The van der Waals surface area contributed by atoms with Crippen molar-refractivity contribution in [1.29, 1.82) is 0 Å². The zero-order valence-corrected chi connectivity index (χ0v) is 12.1. The highest BCUT2D eigenvalue weighted by Crippen LogP contribution is 2.15. The molecule has 0 heterocycles. The molecule has 0 bridgehead atoms. The average Bonchev–Trinajstić information content (AvgIpc) is 2.26. The molecule has 108 valence electrons. The van der Waals surface area contributed by atoms with Gasteiger partial charge in [-0.05, 0) is 13.3 Å². The van der Waals surface area contributed by atoms with Crippen molar-refractivity contribution in [3.8, 4) is 0 Å². The molecular weight excluding hydrogens is 254 g/mol. The highest BCUT2D eigenvalue weighted by molar-refractivity contribution is 7.88. The smallest absolute Gasteiger partial charge is 0.290 e. The van der Waals surface area contributed by atoms with Crippen LogP contribution in [-0.2, 0) is 14.9 Å². The maximum Gasteiger partial charge on any atom is 0.290 e. The molecule has 0 saturated carbocycles. The summed E-state index contributed by atoms with van der Waals surface area (Å²) >= 11 is 0. The predicted octanol–water partition coefficient (Wildman–Crippen LogP) is 2.26. The van der Waals surface area contributed by atoms with Crippen LogP contribution in [-0.4, -0.2) is 23.6 Å². The van der Waals surface area contributed by atoms with Crippen molar-refractivity contribution in [2.75, 3.05) is 0 Å². The van der Waals surface area contributed by atoms with Crippen LogP contribution in [0.25, 0.3) is 0 Å². The van der Waals surface area contributed by atoms with Crippen LogP contribution in [0, 0.1) is 0 Å². The van der Waals surface area contributed by atoms with Crippen LogP contribution >= 0.6 is 0 Å². The van der Waals surface area contributed by atoms with Gasteiger partial charge in [0.1, 0.15) is 0 Å². The van der Waals surface area contributed by atoms with Gasteiger partial charge in [-0.1, -0.05) is 45.4 Å². The Morgan fingerprint density at radius 2 is 1.56 bits per heavy atom. The van der Waals surface area contributed by atoms with Gasteiger partial charge in [-0.2, -0.15) is 8.42 Å². The molecule has 5 nitrogen and oxygen atoms in total. The van der Waals surface area contributed by atoms with E-state index in [1.165, 1.54) is 19.3 Å². The van der Waals surface area contributed by atoms with E-state index >= 15 is 0 Å². The molecule has 0 aromatic carbocycles. The van der Waals surface area contributed by atoms with E-state index in [-0.39, 0.29) is 6.42 Å². The van der Waals surface area contributed by atoms with Crippen LogP contribution in [0.15, 0.2) is 0 Å². The molecule has 6 heteroatoms. The summed E-state index contributed by atoms with van der Waals surface area (Å²) in [6.07, 6.45) is 7.40. The Kier molecular flexibility index (Phi) is 7.66. The van der Waals surface area contributed by atoms with Crippen molar-refractivity contribution >= 4 is 15.9 Å². The fourth-order valence-corrected chi connectivity index (χ4v) is 2.02. The third kappa shape index (κ3) is 5.93. The number of ketones is 1. The Morgan fingerprint density at radius 1 is 1.11 bits per heavy atom. The van der Waals surface area contributed by atoms with Gasteiger partial charge in [0.2, 0.25) is 0 Å². The normalized spacial score (nSPS) is 15.3. The molecular formula is C12H25NO4S. The van der Waals surface area contributed by atoms with Gasteiger partial charge in [0, 0.05) is 6.42 Å². The number of hydrogen-bond donors (Lipinski definition) is 2. The Labute approximate surface area is 110 Å². The number of Topliss-reactive ketones (excluding diaryl/α,β-unsaturated/α-hetero) is 1. The molecule has 0 radical (unpaired) electrons. The Balaban J connectivity index is 3.85. The van der Waals surface area contributed by atoms with Gasteiger partial charge in [0.15, 0.2) is 10.7 Å². The van der Waals surface area contributed by atoms with Crippen LogP contribution in [0.5, 0.6) is 0 Å². The standard InChI is InChI=1S/C12H25NO4S/c1-3-4-5-6-7-8-9-10-11(14)12(2,13)18(15,16)17/h3-10,13H2,1-2H3,(H,15,16,17). The summed E-state index contributed by atoms with van der Waals surface area (Å²) in [7, 11) is -4.53. The molecule has 0 rings (SSSR count). The lowest BCUT2D eigenvalue weighted by atomic mass is 10.0. The summed E-state index contributed by atoms with van der Waals surface area (Å²) in [5.74, 6) is -0.626. The monoisotopic (exact) mass is 279 g/mol. The average molecular weight is 279 g/mol. The molecule has 0 aliphatic rings. The number of unbranched alkanes of at least 4 members (excludes halogenated alkanes) is 6. The number of nitrogens with two attached hydrogens (primary N) is 1. The van der Waals surface area contributed by atoms with Gasteiger partial charge < -0.3 is 5.73 Å². The van der Waals surface area contributed by atoms with Gasteiger partial charge in [0.25, 0.3) is 10.1 Å². The third-order valence-electron chi connectivity index (χ3n) is 3.10. The molecule has 1 unspecified atom stereocenters. The van der Waals surface area contributed by atoms with Crippen LogP contribution < -0.4 is 5.73 Å². The lowest BCUT2D eigenvalue weighted by molar-refractivity contribution is -0.121. The third-order valence-corrected chi connectivity index (χ3v) is 4.40. The van der Waals surface area contributed by atoms with E-state index in [1.807, 2.05) is 0 Å². The zero-order chi connectivity index (χ0) is 14.2. The van der Waals surface area contributed by atoms with Crippen molar-refractivity contribution < 1.29 is 17.8 Å². The fourth-order valence-electron chi connectivity index (χ4n) is 1.63. The second-order valence-electron chi connectivity index (χ2n) is 4.88. The van der Waals surface area contributed by atoms with Crippen molar-refractivity contribution in [3.63, 3.8) is 0 Å². The minimum atomic E-state index is -4.53. The van der Waals surface area contributed by atoms with Crippen LogP contribution in [0.1, 0.15) is 65.2 Å². The lowest BCUT2D eigenvalue weighted by Gasteiger charge is -2.18. The van der Waals surface area contributed by atoms with Gasteiger partial charge in [0.05, 0.1) is 0 Å². The highest BCUT2D eigenvalue weighted by Gasteiger charge is 2.40. The first-order chi connectivity index (χ1) is 8.23. The van der Waals surface area contributed by atoms with Crippen LogP contribution in [0.4, 0.5) is 0 Å². The van der Waals surface area contributed by atoms with E-state index in [0.717, 1.165) is 26.2 Å². The zero-order valence-electron chi connectivity index (χ0n) is 11.3. The van der Waals surface area contributed by atoms with Gasteiger partial charge in [-0.15, -0.1) is 0 Å². The van der Waals surface area contributed by atoms with E-state index < -0.39 is 20.8 Å².